The lowest BCUT2D eigenvalue weighted by Gasteiger charge is -2.26. The Kier molecular flexibility index (Phi) is 4.62. The van der Waals surface area contributed by atoms with E-state index in [9.17, 15) is 0 Å². The van der Waals surface area contributed by atoms with Crippen molar-refractivity contribution in [2.45, 2.75) is 18.9 Å². The van der Waals surface area contributed by atoms with Gasteiger partial charge in [-0.2, -0.15) is 11.8 Å². The van der Waals surface area contributed by atoms with Gasteiger partial charge in [0.05, 0.1) is 11.4 Å². The molecule has 1 aliphatic rings. The highest BCUT2D eigenvalue weighted by Crippen LogP contribution is 2.30. The number of halogens is 1. The quantitative estimate of drug-likeness (QED) is 0.913. The number of rotatable bonds is 3. The summed E-state index contributed by atoms with van der Waals surface area (Å²) in [4.78, 5) is 2.16. The lowest BCUT2D eigenvalue weighted by atomic mass is 10.1. The minimum absolute atomic E-state index is 0.629. The Bertz CT molecular complexity index is 376. The highest BCUT2D eigenvalue weighted by molar-refractivity contribution is 9.10. The smallest absolute Gasteiger partial charge is 0.0597 e. The zero-order valence-corrected chi connectivity index (χ0v) is 12.8. The molecule has 2 rings (SSSR count). The maximum atomic E-state index is 3.69. The van der Waals surface area contributed by atoms with E-state index in [1.807, 2.05) is 0 Å². The van der Waals surface area contributed by atoms with Gasteiger partial charge in [-0.3, -0.25) is 0 Å². The van der Waals surface area contributed by atoms with Gasteiger partial charge in [-0.15, -0.1) is 0 Å². The first-order chi connectivity index (χ1) is 8.16. The summed E-state index contributed by atoms with van der Waals surface area (Å²) in [7, 11) is 4.18. The number of hydrogen-bond donors (Lipinski definition) is 1. The summed E-state index contributed by atoms with van der Waals surface area (Å²) in [6.07, 6.45) is 2.54. The van der Waals surface area contributed by atoms with Crippen molar-refractivity contribution in [3.8, 4) is 0 Å². The largest absolute Gasteiger partial charge is 0.381 e. The van der Waals surface area contributed by atoms with Crippen LogP contribution in [0.1, 0.15) is 12.8 Å². The Balaban J connectivity index is 2.14. The van der Waals surface area contributed by atoms with Crippen LogP contribution in [0.5, 0.6) is 0 Å². The fraction of sp³-hybridized carbons (Fsp3) is 0.538. The lowest BCUT2D eigenvalue weighted by Crippen LogP contribution is -2.25. The normalized spacial score (nSPS) is 16.9. The van der Waals surface area contributed by atoms with Crippen molar-refractivity contribution >= 4 is 39.1 Å². The van der Waals surface area contributed by atoms with Gasteiger partial charge in [-0.25, -0.2) is 0 Å². The molecule has 1 heterocycles. The lowest BCUT2D eigenvalue weighted by molar-refractivity contribution is 0.667. The third-order valence-electron chi connectivity index (χ3n) is 3.02. The fourth-order valence-electron chi connectivity index (χ4n) is 2.08. The molecule has 0 amide bonds. The van der Waals surface area contributed by atoms with Gasteiger partial charge in [0.2, 0.25) is 0 Å². The molecule has 0 saturated carbocycles. The Morgan fingerprint density at radius 3 is 2.65 bits per heavy atom. The zero-order chi connectivity index (χ0) is 12.3. The molecule has 1 saturated heterocycles. The van der Waals surface area contributed by atoms with E-state index in [0.29, 0.717) is 6.04 Å². The van der Waals surface area contributed by atoms with E-state index >= 15 is 0 Å². The first-order valence-electron chi connectivity index (χ1n) is 5.98. The van der Waals surface area contributed by atoms with Crippen molar-refractivity contribution in [1.82, 2.24) is 0 Å². The maximum Gasteiger partial charge on any atom is 0.0597 e. The van der Waals surface area contributed by atoms with Crippen LogP contribution >= 0.6 is 27.7 Å². The first-order valence-corrected chi connectivity index (χ1v) is 7.93. The molecule has 94 valence electrons. The zero-order valence-electron chi connectivity index (χ0n) is 10.4. The molecule has 2 nitrogen and oxygen atoms in total. The Hall–Kier alpha value is -0.350. The Labute approximate surface area is 116 Å². The topological polar surface area (TPSA) is 15.3 Å². The van der Waals surface area contributed by atoms with Crippen LogP contribution in [0.3, 0.4) is 0 Å². The van der Waals surface area contributed by atoms with Crippen molar-refractivity contribution in [3.63, 3.8) is 0 Å². The van der Waals surface area contributed by atoms with Crippen molar-refractivity contribution in [2.24, 2.45) is 0 Å². The molecule has 4 heteroatoms. The minimum atomic E-state index is 0.629. The van der Waals surface area contributed by atoms with Crippen molar-refractivity contribution < 1.29 is 0 Å². The number of hydrogen-bond acceptors (Lipinski definition) is 3. The molecule has 0 bridgehead atoms. The summed E-state index contributed by atoms with van der Waals surface area (Å²) in [5, 5.41) is 3.69. The molecule has 17 heavy (non-hydrogen) atoms. The van der Waals surface area contributed by atoms with E-state index in [1.54, 1.807) is 0 Å². The van der Waals surface area contributed by atoms with Crippen LogP contribution in [-0.2, 0) is 0 Å². The van der Waals surface area contributed by atoms with Crippen molar-refractivity contribution in [3.05, 3.63) is 22.7 Å². The van der Waals surface area contributed by atoms with Crippen molar-refractivity contribution in [2.75, 3.05) is 35.8 Å². The van der Waals surface area contributed by atoms with Crippen LogP contribution in [0.4, 0.5) is 11.4 Å². The highest BCUT2D eigenvalue weighted by atomic mass is 79.9. The molecule has 0 radical (unpaired) electrons. The Morgan fingerprint density at radius 2 is 2.00 bits per heavy atom. The summed E-state index contributed by atoms with van der Waals surface area (Å²) in [5.74, 6) is 2.56. The van der Waals surface area contributed by atoms with Crippen LogP contribution in [-0.4, -0.2) is 31.6 Å². The van der Waals surface area contributed by atoms with Crippen LogP contribution < -0.4 is 10.2 Å². The highest BCUT2D eigenvalue weighted by Gasteiger charge is 2.15. The predicted molar refractivity (Wildman–Crippen MR) is 82.4 cm³/mol. The van der Waals surface area contributed by atoms with Gasteiger partial charge in [0.15, 0.2) is 0 Å². The van der Waals surface area contributed by atoms with Gasteiger partial charge < -0.3 is 10.2 Å². The number of anilines is 2. The van der Waals surface area contributed by atoms with Gasteiger partial charge in [-0.05, 0) is 42.5 Å². The second kappa shape index (κ2) is 6.01. The van der Waals surface area contributed by atoms with Crippen LogP contribution in [0.15, 0.2) is 22.7 Å². The first kappa shape index (κ1) is 13.1. The van der Waals surface area contributed by atoms with Gasteiger partial charge in [0, 0.05) is 24.6 Å². The molecule has 1 aromatic rings. The summed E-state index contributed by atoms with van der Waals surface area (Å²) in [6, 6.07) is 7.06. The average molecular weight is 315 g/mol. The SMILES string of the molecule is CN(C)c1ccc(Br)cc1NC1CCSCC1. The molecular weight excluding hydrogens is 296 g/mol. The van der Waals surface area contributed by atoms with Crippen LogP contribution in [0.2, 0.25) is 0 Å². The molecular formula is C13H19BrN2S. The number of thioether (sulfide) groups is 1. The second-order valence-electron chi connectivity index (χ2n) is 4.59. The summed E-state index contributed by atoms with van der Waals surface area (Å²) in [6.45, 7) is 0. The number of nitrogens with zero attached hydrogens (tertiary/aromatic N) is 1. The van der Waals surface area contributed by atoms with Gasteiger partial charge in [-0.1, -0.05) is 15.9 Å². The van der Waals surface area contributed by atoms with Crippen LogP contribution in [0.25, 0.3) is 0 Å². The standard InChI is InChI=1S/C13H19BrN2S/c1-16(2)13-4-3-10(14)9-12(13)15-11-5-7-17-8-6-11/h3-4,9,11,15H,5-8H2,1-2H3. The molecule has 1 N–H and O–H groups in total. The average Bonchev–Trinajstić information content (AvgIpc) is 2.30. The second-order valence-corrected chi connectivity index (χ2v) is 6.73. The van der Waals surface area contributed by atoms with Gasteiger partial charge in [0.1, 0.15) is 0 Å². The van der Waals surface area contributed by atoms with E-state index in [-0.39, 0.29) is 0 Å². The predicted octanol–water partition coefficient (Wildman–Crippen LogP) is 3.82. The fourth-order valence-corrected chi connectivity index (χ4v) is 3.54. The maximum absolute atomic E-state index is 3.69. The van der Waals surface area contributed by atoms with Gasteiger partial charge >= 0.3 is 0 Å². The van der Waals surface area contributed by atoms with E-state index < -0.39 is 0 Å². The number of nitrogens with one attached hydrogen (secondary N) is 1. The summed E-state index contributed by atoms with van der Waals surface area (Å²) < 4.78 is 1.13. The monoisotopic (exact) mass is 314 g/mol. The van der Waals surface area contributed by atoms with Gasteiger partial charge in [0.25, 0.3) is 0 Å². The van der Waals surface area contributed by atoms with Crippen LogP contribution in [0, 0.1) is 0 Å². The molecule has 0 spiro atoms. The van der Waals surface area contributed by atoms with E-state index in [0.717, 1.165) is 4.47 Å². The molecule has 0 atom stereocenters. The molecule has 1 fully saturated rings. The number of benzene rings is 1. The minimum Gasteiger partial charge on any atom is -0.381 e. The summed E-state index contributed by atoms with van der Waals surface area (Å²) >= 11 is 5.61. The summed E-state index contributed by atoms with van der Waals surface area (Å²) in [5.41, 5.74) is 2.49. The molecule has 0 aliphatic carbocycles. The van der Waals surface area contributed by atoms with E-state index in [2.05, 4.69) is 70.2 Å². The molecule has 1 aliphatic heterocycles. The molecule has 0 unspecified atom stereocenters. The Morgan fingerprint density at radius 1 is 1.29 bits per heavy atom. The van der Waals surface area contributed by atoms with Crippen molar-refractivity contribution in [1.29, 1.82) is 0 Å². The molecule has 1 aromatic carbocycles. The third kappa shape index (κ3) is 3.55. The third-order valence-corrected chi connectivity index (χ3v) is 4.56. The molecule has 0 aromatic heterocycles. The van der Waals surface area contributed by atoms with E-state index in [1.165, 1.54) is 35.7 Å². The van der Waals surface area contributed by atoms with E-state index in [4.69, 9.17) is 0 Å².